The second-order valence-corrected chi connectivity index (χ2v) is 9.76. The van der Waals surface area contributed by atoms with E-state index >= 15 is 0 Å². The topological polar surface area (TPSA) is 64.8 Å². The van der Waals surface area contributed by atoms with E-state index in [9.17, 15) is 8.42 Å². The standard InChI is InChI=1S/C28H19N3O2S/c32-34(33,28-13-4-6-17-30-28)22-9-7-8-20(18-22)21-14-15-24-23-10-1-2-11-25(23)31(26(24)19-21)27-12-3-5-16-29-27/h1-19H/i13D. The van der Waals surface area contributed by atoms with Crippen LogP contribution in [-0.2, 0) is 9.84 Å². The highest BCUT2D eigenvalue weighted by atomic mass is 32.2. The molecule has 5 nitrogen and oxygen atoms in total. The molecule has 3 heterocycles. The van der Waals surface area contributed by atoms with Crippen molar-refractivity contribution in [2.75, 3.05) is 0 Å². The fourth-order valence-electron chi connectivity index (χ4n) is 4.29. The molecule has 0 aliphatic carbocycles. The predicted molar refractivity (Wildman–Crippen MR) is 134 cm³/mol. The van der Waals surface area contributed by atoms with E-state index in [-0.39, 0.29) is 16.0 Å². The van der Waals surface area contributed by atoms with E-state index in [1.807, 2.05) is 42.5 Å². The number of para-hydroxylation sites is 1. The first-order valence-corrected chi connectivity index (χ1v) is 12.2. The molecule has 0 radical (unpaired) electrons. The Balaban J connectivity index is 1.55. The molecule has 0 fully saturated rings. The monoisotopic (exact) mass is 462 g/mol. The van der Waals surface area contributed by atoms with Crippen molar-refractivity contribution in [3.63, 3.8) is 0 Å². The van der Waals surface area contributed by atoms with E-state index in [1.54, 1.807) is 24.4 Å². The number of benzene rings is 3. The molecule has 0 aliphatic heterocycles. The van der Waals surface area contributed by atoms with Crippen molar-refractivity contribution in [3.8, 4) is 16.9 Å². The minimum Gasteiger partial charge on any atom is -0.294 e. The van der Waals surface area contributed by atoms with Crippen molar-refractivity contribution in [1.29, 1.82) is 0 Å². The van der Waals surface area contributed by atoms with Crippen LogP contribution in [0.5, 0.6) is 0 Å². The lowest BCUT2D eigenvalue weighted by atomic mass is 10.0. The maximum atomic E-state index is 13.2. The molecule has 6 heteroatoms. The molecule has 0 aliphatic rings. The van der Waals surface area contributed by atoms with Gasteiger partial charge in [-0.2, -0.15) is 0 Å². The van der Waals surface area contributed by atoms with Gasteiger partial charge >= 0.3 is 0 Å². The predicted octanol–water partition coefficient (Wildman–Crippen LogP) is 6.07. The second kappa shape index (κ2) is 7.93. The lowest BCUT2D eigenvalue weighted by molar-refractivity contribution is 0.592. The molecule has 3 aromatic heterocycles. The van der Waals surface area contributed by atoms with Gasteiger partial charge in [0, 0.05) is 23.2 Å². The number of nitrogens with zero attached hydrogens (tertiary/aromatic N) is 3. The molecule has 0 unspecified atom stereocenters. The third-order valence-electron chi connectivity index (χ3n) is 5.87. The summed E-state index contributed by atoms with van der Waals surface area (Å²) in [6.45, 7) is 0. The molecule has 3 aromatic carbocycles. The van der Waals surface area contributed by atoms with Crippen LogP contribution in [0.1, 0.15) is 1.37 Å². The Hall–Kier alpha value is -4.29. The number of hydrogen-bond donors (Lipinski definition) is 0. The molecule has 0 amide bonds. The Kier molecular flexibility index (Phi) is 4.48. The minimum atomic E-state index is -3.93. The normalized spacial score (nSPS) is 12.2. The molecule has 0 saturated heterocycles. The van der Waals surface area contributed by atoms with Crippen molar-refractivity contribution in [3.05, 3.63) is 115 Å². The van der Waals surface area contributed by atoms with Gasteiger partial charge in [-0.3, -0.25) is 4.57 Å². The van der Waals surface area contributed by atoms with Crippen molar-refractivity contribution < 1.29 is 9.79 Å². The van der Waals surface area contributed by atoms with Crippen LogP contribution in [0.4, 0.5) is 0 Å². The van der Waals surface area contributed by atoms with E-state index in [0.717, 1.165) is 38.8 Å². The average Bonchev–Trinajstić information content (AvgIpc) is 3.23. The molecule has 34 heavy (non-hydrogen) atoms. The summed E-state index contributed by atoms with van der Waals surface area (Å²) in [7, 11) is -3.93. The zero-order valence-electron chi connectivity index (χ0n) is 19.0. The summed E-state index contributed by atoms with van der Waals surface area (Å²) in [5, 5.41) is 1.96. The summed E-state index contributed by atoms with van der Waals surface area (Å²) in [5.74, 6) is 0.810. The van der Waals surface area contributed by atoms with Gasteiger partial charge < -0.3 is 0 Å². The van der Waals surface area contributed by atoms with Crippen LogP contribution in [-0.4, -0.2) is 23.0 Å². The molecule has 0 N–H and O–H groups in total. The van der Waals surface area contributed by atoms with Crippen molar-refractivity contribution in [1.82, 2.24) is 14.5 Å². The van der Waals surface area contributed by atoms with Crippen LogP contribution in [0.2, 0.25) is 0 Å². The van der Waals surface area contributed by atoms with Crippen molar-refractivity contribution >= 4 is 31.6 Å². The summed E-state index contributed by atoms with van der Waals surface area (Å²) in [5.41, 5.74) is 3.66. The Labute approximate surface area is 198 Å². The minimum absolute atomic E-state index is 0.104. The Morgan fingerprint density at radius 2 is 1.44 bits per heavy atom. The summed E-state index contributed by atoms with van der Waals surface area (Å²) in [6, 6.07) is 29.8. The summed E-state index contributed by atoms with van der Waals surface area (Å²) >= 11 is 0. The highest BCUT2D eigenvalue weighted by Gasteiger charge is 2.20. The maximum absolute atomic E-state index is 13.2. The van der Waals surface area contributed by atoms with E-state index in [1.165, 1.54) is 18.3 Å². The maximum Gasteiger partial charge on any atom is 0.223 e. The van der Waals surface area contributed by atoms with Gasteiger partial charge in [0.1, 0.15) is 5.82 Å². The smallest absolute Gasteiger partial charge is 0.223 e. The number of pyridine rings is 2. The van der Waals surface area contributed by atoms with Gasteiger partial charge in [0.05, 0.1) is 17.3 Å². The Morgan fingerprint density at radius 3 is 2.29 bits per heavy atom. The quantitative estimate of drug-likeness (QED) is 0.319. The number of aromatic nitrogens is 3. The van der Waals surface area contributed by atoms with E-state index < -0.39 is 9.84 Å². The molecule has 0 bridgehead atoms. The van der Waals surface area contributed by atoms with Crippen LogP contribution in [0, 0.1) is 0 Å². The fraction of sp³-hybridized carbons (Fsp3) is 0. The van der Waals surface area contributed by atoms with E-state index in [0.29, 0.717) is 0 Å². The molecular formula is C28H19N3O2S. The molecule has 0 saturated carbocycles. The van der Waals surface area contributed by atoms with Gasteiger partial charge in [0.25, 0.3) is 0 Å². The molecule has 0 spiro atoms. The highest BCUT2D eigenvalue weighted by Crippen LogP contribution is 2.35. The van der Waals surface area contributed by atoms with Gasteiger partial charge in [-0.1, -0.05) is 54.6 Å². The first-order chi connectivity index (χ1) is 17.0. The number of hydrogen-bond acceptors (Lipinski definition) is 4. The average molecular weight is 463 g/mol. The molecule has 0 atom stereocenters. The van der Waals surface area contributed by atoms with Gasteiger partial charge in [0.15, 0.2) is 5.03 Å². The zero-order valence-corrected chi connectivity index (χ0v) is 18.8. The van der Waals surface area contributed by atoms with Gasteiger partial charge in [-0.25, -0.2) is 18.4 Å². The third kappa shape index (κ3) is 3.27. The number of fused-ring (bicyclic) bond motifs is 3. The lowest BCUT2D eigenvalue weighted by Gasteiger charge is -2.09. The summed E-state index contributed by atoms with van der Waals surface area (Å²) < 4.78 is 36.5. The van der Waals surface area contributed by atoms with Gasteiger partial charge in [-0.05, 0) is 59.6 Å². The largest absolute Gasteiger partial charge is 0.294 e. The summed E-state index contributed by atoms with van der Waals surface area (Å²) in [4.78, 5) is 8.63. The number of rotatable bonds is 4. The zero-order chi connectivity index (χ0) is 24.0. The molecule has 164 valence electrons. The van der Waals surface area contributed by atoms with Crippen LogP contribution >= 0.6 is 0 Å². The lowest BCUT2D eigenvalue weighted by Crippen LogP contribution is -2.04. The first-order valence-electron chi connectivity index (χ1n) is 11.3. The van der Waals surface area contributed by atoms with E-state index in [2.05, 4.69) is 38.8 Å². The number of sulfone groups is 1. The van der Waals surface area contributed by atoms with Crippen LogP contribution in [0.25, 0.3) is 38.8 Å². The highest BCUT2D eigenvalue weighted by molar-refractivity contribution is 7.91. The third-order valence-corrected chi connectivity index (χ3v) is 7.47. The first kappa shape index (κ1) is 19.2. The summed E-state index contributed by atoms with van der Waals surface area (Å²) in [6.07, 6.45) is 3.16. The van der Waals surface area contributed by atoms with E-state index in [4.69, 9.17) is 1.37 Å². The fourth-order valence-corrected chi connectivity index (χ4v) is 5.48. The Morgan fingerprint density at radius 1 is 0.676 bits per heavy atom. The SMILES string of the molecule is [2H]c1cccnc1S(=O)(=O)c1cccc(-c2ccc3c4ccccc4n(-c4ccccn4)c3c2)c1. The van der Waals surface area contributed by atoms with Crippen LogP contribution in [0.15, 0.2) is 125 Å². The molecule has 6 aromatic rings. The van der Waals surface area contributed by atoms with Crippen LogP contribution < -0.4 is 0 Å². The van der Waals surface area contributed by atoms with Crippen LogP contribution in [0.3, 0.4) is 0 Å². The van der Waals surface area contributed by atoms with Gasteiger partial charge in [-0.15, -0.1) is 0 Å². The molecular weight excluding hydrogens is 442 g/mol. The van der Waals surface area contributed by atoms with Gasteiger partial charge in [0.2, 0.25) is 9.84 Å². The van der Waals surface area contributed by atoms with Crippen molar-refractivity contribution in [2.45, 2.75) is 9.92 Å². The second-order valence-electron chi connectivity index (χ2n) is 7.89. The van der Waals surface area contributed by atoms with Crippen molar-refractivity contribution in [2.24, 2.45) is 0 Å². The Bertz CT molecular complexity index is 1830. The molecule has 6 rings (SSSR count).